The van der Waals surface area contributed by atoms with Gasteiger partial charge < -0.3 is 10.2 Å². The highest BCUT2D eigenvalue weighted by Crippen LogP contribution is 2.31. The molecular weight excluding hydrogens is 368 g/mol. The summed E-state index contributed by atoms with van der Waals surface area (Å²) in [6, 6.07) is 6.03. The van der Waals surface area contributed by atoms with Gasteiger partial charge in [0.05, 0.1) is 11.8 Å². The number of hydrogen-bond acceptors (Lipinski definition) is 6. The van der Waals surface area contributed by atoms with Crippen LogP contribution in [0.1, 0.15) is 54.1 Å². The number of nitrogens with zero attached hydrogens (tertiary/aromatic N) is 2. The van der Waals surface area contributed by atoms with Crippen molar-refractivity contribution in [3.63, 3.8) is 0 Å². The Balaban J connectivity index is 1.85. The molecule has 0 bridgehead atoms. The molecule has 3 rings (SSSR count). The molecule has 27 heavy (non-hydrogen) atoms. The zero-order valence-corrected chi connectivity index (χ0v) is 15.3. The molecule has 1 saturated carbocycles. The summed E-state index contributed by atoms with van der Waals surface area (Å²) >= 11 is 5.21. The van der Waals surface area contributed by atoms with Crippen molar-refractivity contribution in [2.75, 3.05) is 0 Å². The lowest BCUT2D eigenvalue weighted by atomic mass is 9.95. The van der Waals surface area contributed by atoms with Crippen LogP contribution in [0.3, 0.4) is 0 Å². The summed E-state index contributed by atoms with van der Waals surface area (Å²) in [5.74, 6) is -1.09. The molecule has 1 aliphatic carbocycles. The van der Waals surface area contributed by atoms with Crippen molar-refractivity contribution in [2.24, 2.45) is 5.10 Å². The van der Waals surface area contributed by atoms with Gasteiger partial charge in [0.2, 0.25) is 5.88 Å². The molecule has 1 fully saturated rings. The quantitative estimate of drug-likeness (QED) is 0.365. The highest BCUT2D eigenvalue weighted by Gasteiger charge is 2.21. The van der Waals surface area contributed by atoms with Crippen LogP contribution in [0.5, 0.6) is 11.6 Å². The molecule has 0 unspecified atom stereocenters. The van der Waals surface area contributed by atoms with Crippen LogP contribution in [0, 0.1) is 4.77 Å². The molecule has 0 aliphatic heterocycles. The van der Waals surface area contributed by atoms with Crippen LogP contribution < -0.4 is 11.0 Å². The summed E-state index contributed by atoms with van der Waals surface area (Å²) < 4.78 is 1.71. The molecule has 1 aromatic heterocycles. The summed E-state index contributed by atoms with van der Waals surface area (Å²) in [5, 5.41) is 24.0. The first-order valence-electron chi connectivity index (χ1n) is 8.68. The third-order valence-electron chi connectivity index (χ3n) is 4.60. The van der Waals surface area contributed by atoms with E-state index in [2.05, 4.69) is 15.5 Å². The molecule has 1 heterocycles. The van der Waals surface area contributed by atoms with E-state index in [1.807, 2.05) is 0 Å². The number of aromatic amines is 1. The Morgan fingerprint density at radius 3 is 2.67 bits per heavy atom. The van der Waals surface area contributed by atoms with E-state index in [1.54, 1.807) is 16.7 Å². The Kier molecular flexibility index (Phi) is 5.70. The number of aromatic hydroxyl groups is 2. The van der Waals surface area contributed by atoms with Gasteiger partial charge in [0.15, 0.2) is 4.77 Å². The van der Waals surface area contributed by atoms with Crippen LogP contribution in [0.4, 0.5) is 0 Å². The van der Waals surface area contributed by atoms with E-state index in [-0.39, 0.29) is 33.6 Å². The van der Waals surface area contributed by atoms with Gasteiger partial charge in [0.1, 0.15) is 11.3 Å². The fourth-order valence-electron chi connectivity index (χ4n) is 3.23. The largest absolute Gasteiger partial charge is 0.507 e. The molecule has 0 radical (unpaired) electrons. The monoisotopic (exact) mass is 388 g/mol. The summed E-state index contributed by atoms with van der Waals surface area (Å²) in [6.07, 6.45) is 6.01. The number of phenolic OH excluding ortho intramolecular Hbond substituents is 1. The molecule has 1 amide bonds. The molecule has 0 saturated heterocycles. The van der Waals surface area contributed by atoms with E-state index in [1.165, 1.54) is 12.1 Å². The molecule has 0 spiro atoms. The molecule has 2 aromatic rings. The van der Waals surface area contributed by atoms with Crippen molar-refractivity contribution in [1.82, 2.24) is 15.0 Å². The number of rotatable bonds is 4. The Morgan fingerprint density at radius 2 is 1.96 bits per heavy atom. The zero-order chi connectivity index (χ0) is 19.4. The van der Waals surface area contributed by atoms with Gasteiger partial charge in [-0.25, -0.2) is 5.43 Å². The second kappa shape index (κ2) is 8.17. The van der Waals surface area contributed by atoms with Crippen LogP contribution in [0.2, 0.25) is 0 Å². The van der Waals surface area contributed by atoms with E-state index < -0.39 is 11.5 Å². The fourth-order valence-corrected chi connectivity index (χ4v) is 3.56. The lowest BCUT2D eigenvalue weighted by molar-refractivity contribution is 0.0952. The number of nitrogens with one attached hydrogen (secondary N) is 2. The van der Waals surface area contributed by atoms with Crippen LogP contribution in [-0.4, -0.2) is 31.9 Å². The summed E-state index contributed by atoms with van der Waals surface area (Å²) in [6.45, 7) is 0. The minimum absolute atomic E-state index is 0.0195. The molecule has 0 atom stereocenters. The second-order valence-electron chi connectivity index (χ2n) is 6.37. The number of hydrogen-bond donors (Lipinski definition) is 4. The number of aromatic nitrogens is 2. The smallest absolute Gasteiger partial charge is 0.275 e. The van der Waals surface area contributed by atoms with Gasteiger partial charge in [0, 0.05) is 6.04 Å². The SMILES string of the molecule is O=C(N/N=C\c1c(O)n(C2CCCCC2)c(=S)[nH]c1=O)c1ccccc1O. The van der Waals surface area contributed by atoms with E-state index in [0.29, 0.717) is 0 Å². The Labute approximate surface area is 160 Å². The van der Waals surface area contributed by atoms with Crippen LogP contribution in [0.25, 0.3) is 0 Å². The van der Waals surface area contributed by atoms with E-state index in [4.69, 9.17) is 12.2 Å². The van der Waals surface area contributed by atoms with E-state index in [9.17, 15) is 19.8 Å². The van der Waals surface area contributed by atoms with Crippen LogP contribution >= 0.6 is 12.2 Å². The van der Waals surface area contributed by atoms with Crippen molar-refractivity contribution in [2.45, 2.75) is 38.1 Å². The lowest BCUT2D eigenvalue weighted by Crippen LogP contribution is -2.24. The highest BCUT2D eigenvalue weighted by molar-refractivity contribution is 7.71. The lowest BCUT2D eigenvalue weighted by Gasteiger charge is -2.25. The van der Waals surface area contributed by atoms with Crippen molar-refractivity contribution in [1.29, 1.82) is 0 Å². The molecule has 1 aliphatic rings. The molecule has 1 aromatic carbocycles. The summed E-state index contributed by atoms with van der Waals surface area (Å²) in [5.41, 5.74) is 1.59. The molecular formula is C18H20N4O4S. The molecule has 4 N–H and O–H groups in total. The first-order valence-corrected chi connectivity index (χ1v) is 9.09. The molecule has 9 heteroatoms. The topological polar surface area (TPSA) is 120 Å². The van der Waals surface area contributed by atoms with Crippen LogP contribution in [-0.2, 0) is 0 Å². The van der Waals surface area contributed by atoms with Gasteiger partial charge >= 0.3 is 0 Å². The number of amides is 1. The molecule has 8 nitrogen and oxygen atoms in total. The van der Waals surface area contributed by atoms with E-state index in [0.717, 1.165) is 38.3 Å². The number of carbonyl (C=O) groups is 1. The third-order valence-corrected chi connectivity index (χ3v) is 4.90. The Hall–Kier alpha value is -2.94. The maximum atomic E-state index is 12.2. The van der Waals surface area contributed by atoms with Gasteiger partial charge in [-0.2, -0.15) is 5.10 Å². The summed E-state index contributed by atoms with van der Waals surface area (Å²) in [4.78, 5) is 26.7. The van der Waals surface area contributed by atoms with Crippen molar-refractivity contribution >= 4 is 24.3 Å². The first kappa shape index (κ1) is 18.8. The fraction of sp³-hybridized carbons (Fsp3) is 0.333. The van der Waals surface area contributed by atoms with Crippen LogP contribution in [0.15, 0.2) is 34.2 Å². The first-order chi connectivity index (χ1) is 13.0. The molecule has 142 valence electrons. The van der Waals surface area contributed by atoms with Gasteiger partial charge in [-0.1, -0.05) is 31.4 Å². The third kappa shape index (κ3) is 4.08. The number of carbonyl (C=O) groups excluding carboxylic acids is 1. The number of hydrazone groups is 1. The minimum Gasteiger partial charge on any atom is -0.507 e. The number of benzene rings is 1. The number of para-hydroxylation sites is 1. The maximum absolute atomic E-state index is 12.2. The Morgan fingerprint density at radius 1 is 1.26 bits per heavy atom. The van der Waals surface area contributed by atoms with E-state index >= 15 is 0 Å². The van der Waals surface area contributed by atoms with Gasteiger partial charge in [0.25, 0.3) is 11.5 Å². The standard InChI is InChI=1S/C18H20N4O4S/c23-14-9-5-4-8-12(14)16(25)21-19-10-13-15(24)20-18(27)22(17(13)26)11-6-2-1-3-7-11/h4-5,8-11,23,26H,1-3,6-7H2,(H,21,25)(H,20,24,27)/b19-10-. The van der Waals surface area contributed by atoms with Gasteiger partial charge in [-0.05, 0) is 37.2 Å². The average molecular weight is 388 g/mol. The number of phenols is 1. The Bertz CT molecular complexity index is 990. The average Bonchev–Trinajstić information content (AvgIpc) is 2.65. The van der Waals surface area contributed by atoms with Gasteiger partial charge in [-0.15, -0.1) is 0 Å². The minimum atomic E-state index is -0.639. The van der Waals surface area contributed by atoms with Crippen molar-refractivity contribution < 1.29 is 15.0 Å². The second-order valence-corrected chi connectivity index (χ2v) is 6.76. The highest BCUT2D eigenvalue weighted by atomic mass is 32.1. The number of H-pyrrole nitrogens is 1. The zero-order valence-electron chi connectivity index (χ0n) is 14.5. The predicted molar refractivity (Wildman–Crippen MR) is 103 cm³/mol. The predicted octanol–water partition coefficient (Wildman–Crippen LogP) is 2.59. The van der Waals surface area contributed by atoms with Gasteiger partial charge in [-0.3, -0.25) is 19.1 Å². The van der Waals surface area contributed by atoms with Crippen molar-refractivity contribution in [3.05, 3.63) is 50.5 Å². The summed E-state index contributed by atoms with van der Waals surface area (Å²) in [7, 11) is 0. The van der Waals surface area contributed by atoms with Crippen molar-refractivity contribution in [3.8, 4) is 11.6 Å². The normalized spacial score (nSPS) is 15.1. The maximum Gasteiger partial charge on any atom is 0.275 e.